The van der Waals surface area contributed by atoms with Crippen molar-refractivity contribution in [2.45, 2.75) is 46.6 Å². The standard InChI is InChI=1S/C10H19NO2/c1-5-6-9(11-8(4)12)10(13)7(2)3/h7,9H,5-6H2,1-4H3,(H,11,12)/t9-/m0/s1. The molecular formula is C10H19NO2. The zero-order chi connectivity index (χ0) is 10.4. The highest BCUT2D eigenvalue weighted by atomic mass is 16.2. The predicted octanol–water partition coefficient (Wildman–Crippen LogP) is 1.52. The van der Waals surface area contributed by atoms with Gasteiger partial charge >= 0.3 is 0 Å². The quantitative estimate of drug-likeness (QED) is 0.705. The number of ketones is 1. The molecule has 1 amide bonds. The van der Waals surface area contributed by atoms with E-state index in [0.717, 1.165) is 12.8 Å². The van der Waals surface area contributed by atoms with Crippen LogP contribution in [0.3, 0.4) is 0 Å². The van der Waals surface area contributed by atoms with Crippen molar-refractivity contribution in [1.82, 2.24) is 5.32 Å². The molecule has 0 saturated carbocycles. The van der Waals surface area contributed by atoms with Gasteiger partial charge in [-0.1, -0.05) is 27.2 Å². The fraction of sp³-hybridized carbons (Fsp3) is 0.800. The van der Waals surface area contributed by atoms with Crippen LogP contribution in [-0.4, -0.2) is 17.7 Å². The lowest BCUT2D eigenvalue weighted by atomic mass is 9.98. The largest absolute Gasteiger partial charge is 0.347 e. The molecule has 0 unspecified atom stereocenters. The van der Waals surface area contributed by atoms with Crippen LogP contribution in [0.4, 0.5) is 0 Å². The summed E-state index contributed by atoms with van der Waals surface area (Å²) < 4.78 is 0. The first-order chi connectivity index (χ1) is 5.99. The lowest BCUT2D eigenvalue weighted by Gasteiger charge is -2.17. The van der Waals surface area contributed by atoms with E-state index in [1.807, 2.05) is 20.8 Å². The number of carbonyl (C=O) groups excluding carboxylic acids is 2. The third-order valence-corrected chi connectivity index (χ3v) is 1.87. The van der Waals surface area contributed by atoms with E-state index >= 15 is 0 Å². The summed E-state index contributed by atoms with van der Waals surface area (Å²) in [6, 6.07) is -0.289. The van der Waals surface area contributed by atoms with Crippen LogP contribution in [0.25, 0.3) is 0 Å². The van der Waals surface area contributed by atoms with E-state index in [4.69, 9.17) is 0 Å². The van der Waals surface area contributed by atoms with E-state index in [2.05, 4.69) is 5.32 Å². The van der Waals surface area contributed by atoms with Crippen LogP contribution in [0.5, 0.6) is 0 Å². The summed E-state index contributed by atoms with van der Waals surface area (Å²) in [6.07, 6.45) is 1.64. The van der Waals surface area contributed by atoms with E-state index in [-0.39, 0.29) is 23.7 Å². The maximum Gasteiger partial charge on any atom is 0.217 e. The van der Waals surface area contributed by atoms with E-state index in [9.17, 15) is 9.59 Å². The number of hydrogen-bond acceptors (Lipinski definition) is 2. The lowest BCUT2D eigenvalue weighted by molar-refractivity contribution is -0.128. The monoisotopic (exact) mass is 185 g/mol. The first kappa shape index (κ1) is 12.1. The predicted molar refractivity (Wildman–Crippen MR) is 52.4 cm³/mol. The molecule has 0 heterocycles. The second-order valence-corrected chi connectivity index (χ2v) is 3.60. The van der Waals surface area contributed by atoms with Crippen LogP contribution in [0, 0.1) is 5.92 Å². The fourth-order valence-corrected chi connectivity index (χ4v) is 1.22. The molecule has 0 aliphatic rings. The van der Waals surface area contributed by atoms with Crippen LogP contribution in [-0.2, 0) is 9.59 Å². The summed E-state index contributed by atoms with van der Waals surface area (Å²) in [7, 11) is 0. The Kier molecular flexibility index (Phi) is 5.35. The summed E-state index contributed by atoms with van der Waals surface area (Å²) >= 11 is 0. The Morgan fingerprint density at radius 2 is 1.85 bits per heavy atom. The van der Waals surface area contributed by atoms with Gasteiger partial charge in [0, 0.05) is 12.8 Å². The SMILES string of the molecule is CCC[C@H](NC(C)=O)C(=O)C(C)C. The minimum Gasteiger partial charge on any atom is -0.347 e. The third-order valence-electron chi connectivity index (χ3n) is 1.87. The molecule has 0 aliphatic heterocycles. The van der Waals surface area contributed by atoms with Gasteiger partial charge in [0.05, 0.1) is 6.04 Å². The van der Waals surface area contributed by atoms with Gasteiger partial charge in [-0.05, 0) is 6.42 Å². The van der Waals surface area contributed by atoms with Crippen molar-refractivity contribution in [3.63, 3.8) is 0 Å². The Morgan fingerprint density at radius 3 is 2.15 bits per heavy atom. The van der Waals surface area contributed by atoms with Gasteiger partial charge in [0.15, 0.2) is 5.78 Å². The molecule has 0 radical (unpaired) electrons. The average molecular weight is 185 g/mol. The molecule has 1 atom stereocenters. The summed E-state index contributed by atoms with van der Waals surface area (Å²) in [6.45, 7) is 7.15. The number of hydrogen-bond donors (Lipinski definition) is 1. The molecule has 0 rings (SSSR count). The van der Waals surface area contributed by atoms with Crippen molar-refractivity contribution in [1.29, 1.82) is 0 Å². The first-order valence-corrected chi connectivity index (χ1v) is 4.79. The fourth-order valence-electron chi connectivity index (χ4n) is 1.22. The van der Waals surface area contributed by atoms with Crippen LogP contribution in [0.1, 0.15) is 40.5 Å². The normalized spacial score (nSPS) is 12.7. The molecule has 0 spiro atoms. The van der Waals surface area contributed by atoms with Crippen LogP contribution in [0.2, 0.25) is 0 Å². The highest BCUT2D eigenvalue weighted by Crippen LogP contribution is 2.05. The zero-order valence-corrected chi connectivity index (χ0v) is 8.89. The molecule has 0 aromatic heterocycles. The molecule has 1 N–H and O–H groups in total. The highest BCUT2D eigenvalue weighted by molar-refractivity contribution is 5.89. The Balaban J connectivity index is 4.23. The smallest absolute Gasteiger partial charge is 0.217 e. The van der Waals surface area contributed by atoms with Gasteiger partial charge in [0.1, 0.15) is 0 Å². The molecule has 3 nitrogen and oxygen atoms in total. The Bertz CT molecular complexity index is 187. The maximum atomic E-state index is 11.6. The average Bonchev–Trinajstić information content (AvgIpc) is 2.01. The van der Waals surface area contributed by atoms with Crippen LogP contribution in [0.15, 0.2) is 0 Å². The Labute approximate surface area is 79.9 Å². The van der Waals surface area contributed by atoms with Crippen molar-refractivity contribution in [2.24, 2.45) is 5.92 Å². The number of amides is 1. The van der Waals surface area contributed by atoms with Crippen LogP contribution >= 0.6 is 0 Å². The molecule has 0 aliphatic carbocycles. The molecule has 0 aromatic carbocycles. The number of nitrogens with one attached hydrogen (secondary N) is 1. The molecular weight excluding hydrogens is 166 g/mol. The van der Waals surface area contributed by atoms with Gasteiger partial charge in [0.2, 0.25) is 5.91 Å². The van der Waals surface area contributed by atoms with Crippen molar-refractivity contribution in [2.75, 3.05) is 0 Å². The summed E-state index contributed by atoms with van der Waals surface area (Å²) in [5, 5.41) is 2.67. The molecule has 76 valence electrons. The van der Waals surface area contributed by atoms with Gasteiger partial charge in [-0.15, -0.1) is 0 Å². The molecule has 0 bridgehead atoms. The maximum absolute atomic E-state index is 11.6. The third kappa shape index (κ3) is 4.65. The summed E-state index contributed by atoms with van der Waals surface area (Å²) in [4.78, 5) is 22.3. The Hall–Kier alpha value is -0.860. The lowest BCUT2D eigenvalue weighted by Crippen LogP contribution is -2.41. The minimum atomic E-state index is -0.289. The van der Waals surface area contributed by atoms with E-state index in [1.165, 1.54) is 6.92 Å². The van der Waals surface area contributed by atoms with Gasteiger partial charge in [-0.25, -0.2) is 0 Å². The van der Waals surface area contributed by atoms with E-state index in [1.54, 1.807) is 0 Å². The van der Waals surface area contributed by atoms with Gasteiger partial charge in [0.25, 0.3) is 0 Å². The van der Waals surface area contributed by atoms with Gasteiger partial charge in [-0.3, -0.25) is 9.59 Å². The summed E-state index contributed by atoms with van der Waals surface area (Å²) in [5.41, 5.74) is 0. The van der Waals surface area contributed by atoms with Gasteiger partial charge in [-0.2, -0.15) is 0 Å². The highest BCUT2D eigenvalue weighted by Gasteiger charge is 2.20. The Morgan fingerprint density at radius 1 is 1.31 bits per heavy atom. The molecule has 13 heavy (non-hydrogen) atoms. The van der Waals surface area contributed by atoms with Crippen molar-refractivity contribution >= 4 is 11.7 Å². The second-order valence-electron chi connectivity index (χ2n) is 3.60. The van der Waals surface area contributed by atoms with Crippen molar-refractivity contribution < 1.29 is 9.59 Å². The van der Waals surface area contributed by atoms with E-state index in [0.29, 0.717) is 0 Å². The molecule has 3 heteroatoms. The number of carbonyl (C=O) groups is 2. The van der Waals surface area contributed by atoms with Crippen molar-refractivity contribution in [3.8, 4) is 0 Å². The molecule has 0 saturated heterocycles. The number of rotatable bonds is 5. The van der Waals surface area contributed by atoms with Crippen LogP contribution < -0.4 is 5.32 Å². The first-order valence-electron chi connectivity index (χ1n) is 4.79. The molecule has 0 aromatic rings. The molecule has 0 fully saturated rings. The number of Topliss-reactive ketones (excluding diaryl/α,β-unsaturated/α-hetero) is 1. The van der Waals surface area contributed by atoms with E-state index < -0.39 is 0 Å². The van der Waals surface area contributed by atoms with Gasteiger partial charge < -0.3 is 5.32 Å². The zero-order valence-electron chi connectivity index (χ0n) is 8.89. The van der Waals surface area contributed by atoms with Crippen molar-refractivity contribution in [3.05, 3.63) is 0 Å². The minimum absolute atomic E-state index is 0.0107. The second kappa shape index (κ2) is 5.73. The summed E-state index contributed by atoms with van der Waals surface area (Å²) in [5.74, 6) is -0.0205. The topological polar surface area (TPSA) is 46.2 Å².